The van der Waals surface area contributed by atoms with Crippen LogP contribution in [-0.2, 0) is 9.53 Å². The van der Waals surface area contributed by atoms with E-state index in [-0.39, 0.29) is 5.97 Å². The van der Waals surface area contributed by atoms with Gasteiger partial charge < -0.3 is 4.74 Å². The van der Waals surface area contributed by atoms with E-state index < -0.39 is 0 Å². The summed E-state index contributed by atoms with van der Waals surface area (Å²) in [7, 11) is 1.42. The average molecular weight is 271 g/mol. The molecule has 0 spiro atoms. The molecule has 0 N–H and O–H groups in total. The van der Waals surface area contributed by atoms with Crippen molar-refractivity contribution in [1.82, 2.24) is 0 Å². The van der Waals surface area contributed by atoms with Gasteiger partial charge in [-0.2, -0.15) is 0 Å². The number of methoxy groups -OCH3 is 1. The third-order valence-corrected chi connectivity index (χ3v) is 3.16. The van der Waals surface area contributed by atoms with E-state index in [1.54, 1.807) is 0 Å². The number of esters is 1. The first-order chi connectivity index (χ1) is 7.27. The minimum atomic E-state index is -0.142. The number of halogens is 1. The number of carbonyl (C=O) groups excluding carboxylic acids is 1. The van der Waals surface area contributed by atoms with Gasteiger partial charge in [-0.1, -0.05) is 46.3 Å². The van der Waals surface area contributed by atoms with Crippen LogP contribution in [0.25, 0.3) is 0 Å². The molecule has 0 fully saturated rings. The SMILES string of the molecule is COC(=O)CCC(CBr)c1ccccc1. The van der Waals surface area contributed by atoms with Crippen LogP contribution in [0.3, 0.4) is 0 Å². The van der Waals surface area contributed by atoms with Crippen molar-refractivity contribution < 1.29 is 9.53 Å². The number of benzene rings is 1. The van der Waals surface area contributed by atoms with E-state index in [9.17, 15) is 4.79 Å². The average Bonchev–Trinajstić information content (AvgIpc) is 2.31. The largest absolute Gasteiger partial charge is 0.469 e. The lowest BCUT2D eigenvalue weighted by molar-refractivity contribution is -0.140. The highest BCUT2D eigenvalue weighted by molar-refractivity contribution is 9.09. The summed E-state index contributed by atoms with van der Waals surface area (Å²) in [6.45, 7) is 0. The first kappa shape index (κ1) is 12.2. The summed E-state index contributed by atoms with van der Waals surface area (Å²) in [4.78, 5) is 11.0. The predicted octanol–water partition coefficient (Wildman–Crippen LogP) is 3.12. The quantitative estimate of drug-likeness (QED) is 0.607. The van der Waals surface area contributed by atoms with Gasteiger partial charge >= 0.3 is 5.97 Å². The normalized spacial score (nSPS) is 12.1. The van der Waals surface area contributed by atoms with Gasteiger partial charge in [-0.05, 0) is 17.9 Å². The molecule has 0 aliphatic heterocycles. The summed E-state index contributed by atoms with van der Waals surface area (Å²) in [5, 5.41) is 0.869. The van der Waals surface area contributed by atoms with Gasteiger partial charge in [0.1, 0.15) is 0 Å². The van der Waals surface area contributed by atoms with Crippen molar-refractivity contribution in [2.45, 2.75) is 18.8 Å². The Kier molecular flexibility index (Phi) is 5.40. The number of carbonyl (C=O) groups is 1. The Balaban J connectivity index is 2.53. The molecule has 82 valence electrons. The second kappa shape index (κ2) is 6.62. The molecule has 1 rings (SSSR count). The number of alkyl halides is 1. The smallest absolute Gasteiger partial charge is 0.305 e. The minimum Gasteiger partial charge on any atom is -0.469 e. The molecular formula is C12H15BrO2. The van der Waals surface area contributed by atoms with Gasteiger partial charge in [-0.3, -0.25) is 4.79 Å². The predicted molar refractivity (Wildman–Crippen MR) is 64.2 cm³/mol. The lowest BCUT2D eigenvalue weighted by atomic mass is 9.96. The maximum atomic E-state index is 11.0. The molecule has 1 atom stereocenters. The molecule has 3 heteroatoms. The molecule has 0 aliphatic rings. The second-order valence-electron chi connectivity index (χ2n) is 3.38. The number of hydrogen-bond donors (Lipinski definition) is 0. The summed E-state index contributed by atoms with van der Waals surface area (Å²) in [5.41, 5.74) is 1.26. The Morgan fingerprint density at radius 3 is 2.60 bits per heavy atom. The highest BCUT2D eigenvalue weighted by Gasteiger charge is 2.11. The lowest BCUT2D eigenvalue weighted by Crippen LogP contribution is -2.06. The Morgan fingerprint density at radius 2 is 2.07 bits per heavy atom. The maximum Gasteiger partial charge on any atom is 0.305 e. The summed E-state index contributed by atoms with van der Waals surface area (Å²) in [6, 6.07) is 10.2. The van der Waals surface area contributed by atoms with Crippen molar-refractivity contribution >= 4 is 21.9 Å². The first-order valence-corrected chi connectivity index (χ1v) is 6.07. The molecule has 0 heterocycles. The van der Waals surface area contributed by atoms with Crippen molar-refractivity contribution in [3.63, 3.8) is 0 Å². The van der Waals surface area contributed by atoms with Gasteiger partial charge in [0, 0.05) is 11.8 Å². The third-order valence-electron chi connectivity index (χ3n) is 2.38. The highest BCUT2D eigenvalue weighted by Crippen LogP contribution is 2.23. The van der Waals surface area contributed by atoms with Crippen molar-refractivity contribution in [2.24, 2.45) is 0 Å². The van der Waals surface area contributed by atoms with E-state index >= 15 is 0 Å². The van der Waals surface area contributed by atoms with Crippen LogP contribution < -0.4 is 0 Å². The minimum absolute atomic E-state index is 0.142. The maximum absolute atomic E-state index is 11.0. The van der Waals surface area contributed by atoms with E-state index in [4.69, 9.17) is 0 Å². The fourth-order valence-corrected chi connectivity index (χ4v) is 2.15. The standard InChI is InChI=1S/C12H15BrO2/c1-15-12(14)8-7-11(9-13)10-5-3-2-4-6-10/h2-6,11H,7-9H2,1H3. The van der Waals surface area contributed by atoms with Crippen LogP contribution in [-0.4, -0.2) is 18.4 Å². The van der Waals surface area contributed by atoms with Gasteiger partial charge in [-0.15, -0.1) is 0 Å². The Bertz CT molecular complexity index is 298. The number of rotatable bonds is 5. The molecular weight excluding hydrogens is 256 g/mol. The van der Waals surface area contributed by atoms with Crippen LogP contribution in [0.5, 0.6) is 0 Å². The topological polar surface area (TPSA) is 26.3 Å². The molecule has 1 unspecified atom stereocenters. The van der Waals surface area contributed by atoms with Gasteiger partial charge in [0.2, 0.25) is 0 Å². The summed E-state index contributed by atoms with van der Waals surface area (Å²) < 4.78 is 4.63. The van der Waals surface area contributed by atoms with Crippen LogP contribution >= 0.6 is 15.9 Å². The fourth-order valence-electron chi connectivity index (χ4n) is 1.45. The second-order valence-corrected chi connectivity index (χ2v) is 4.02. The zero-order valence-corrected chi connectivity index (χ0v) is 10.4. The van der Waals surface area contributed by atoms with Crippen molar-refractivity contribution in [3.05, 3.63) is 35.9 Å². The van der Waals surface area contributed by atoms with Gasteiger partial charge in [0.25, 0.3) is 0 Å². The van der Waals surface area contributed by atoms with Crippen molar-refractivity contribution in [3.8, 4) is 0 Å². The molecule has 0 saturated carbocycles. The van der Waals surface area contributed by atoms with Gasteiger partial charge in [-0.25, -0.2) is 0 Å². The van der Waals surface area contributed by atoms with E-state index in [1.807, 2.05) is 18.2 Å². The molecule has 2 nitrogen and oxygen atoms in total. The zero-order chi connectivity index (χ0) is 11.1. The Labute approximate surface area is 98.8 Å². The van der Waals surface area contributed by atoms with Crippen LogP contribution in [0.2, 0.25) is 0 Å². The van der Waals surface area contributed by atoms with Gasteiger partial charge in [0.05, 0.1) is 7.11 Å². The molecule has 0 saturated heterocycles. The van der Waals surface area contributed by atoms with Crippen molar-refractivity contribution in [1.29, 1.82) is 0 Å². The van der Waals surface area contributed by atoms with Crippen LogP contribution in [0.1, 0.15) is 24.3 Å². The summed E-state index contributed by atoms with van der Waals surface area (Å²) >= 11 is 3.47. The molecule has 1 aromatic rings. The Morgan fingerprint density at radius 1 is 1.40 bits per heavy atom. The summed E-state index contributed by atoms with van der Waals surface area (Å²) in [5.74, 6) is 0.238. The van der Waals surface area contributed by atoms with Gasteiger partial charge in [0.15, 0.2) is 0 Å². The van der Waals surface area contributed by atoms with E-state index in [0.29, 0.717) is 12.3 Å². The van der Waals surface area contributed by atoms with Crippen LogP contribution in [0.4, 0.5) is 0 Å². The summed E-state index contributed by atoms with van der Waals surface area (Å²) in [6.07, 6.45) is 1.30. The third kappa shape index (κ3) is 4.04. The Hall–Kier alpha value is -0.830. The van der Waals surface area contributed by atoms with E-state index in [1.165, 1.54) is 12.7 Å². The molecule has 0 bridgehead atoms. The monoisotopic (exact) mass is 270 g/mol. The zero-order valence-electron chi connectivity index (χ0n) is 8.78. The molecule has 0 aromatic heterocycles. The number of ether oxygens (including phenoxy) is 1. The number of hydrogen-bond acceptors (Lipinski definition) is 2. The van der Waals surface area contributed by atoms with E-state index in [2.05, 4.69) is 32.8 Å². The van der Waals surface area contributed by atoms with Crippen LogP contribution in [0, 0.1) is 0 Å². The van der Waals surface area contributed by atoms with E-state index in [0.717, 1.165) is 11.8 Å². The molecule has 0 amide bonds. The molecule has 0 aliphatic carbocycles. The highest BCUT2D eigenvalue weighted by atomic mass is 79.9. The molecule has 0 radical (unpaired) electrons. The molecule has 15 heavy (non-hydrogen) atoms. The fraction of sp³-hybridized carbons (Fsp3) is 0.417. The van der Waals surface area contributed by atoms with Crippen molar-refractivity contribution in [2.75, 3.05) is 12.4 Å². The molecule has 1 aromatic carbocycles. The first-order valence-electron chi connectivity index (χ1n) is 4.95. The lowest BCUT2D eigenvalue weighted by Gasteiger charge is -2.13. The van der Waals surface area contributed by atoms with Crippen LogP contribution in [0.15, 0.2) is 30.3 Å².